The number of likely N-dealkylation sites (tertiary alicyclic amines) is 1. The number of methoxy groups -OCH3 is 3. The van der Waals surface area contributed by atoms with Crippen molar-refractivity contribution in [2.75, 3.05) is 41.0 Å². The van der Waals surface area contributed by atoms with Crippen LogP contribution in [0.15, 0.2) is 34.8 Å². The molecule has 1 fully saturated rings. The van der Waals surface area contributed by atoms with Crippen LogP contribution >= 0.6 is 15.9 Å². The Hall–Kier alpha value is -2.51. The Balaban J connectivity index is 1.88. The van der Waals surface area contributed by atoms with E-state index >= 15 is 0 Å². The maximum absolute atomic E-state index is 13.2. The number of halogens is 1. The summed E-state index contributed by atoms with van der Waals surface area (Å²) in [6.07, 6.45) is 1.93. The zero-order chi connectivity index (χ0) is 24.4. The van der Waals surface area contributed by atoms with Crippen molar-refractivity contribution in [1.29, 1.82) is 0 Å². The maximum Gasteiger partial charge on any atom is 0.239 e. The van der Waals surface area contributed by atoms with Crippen LogP contribution in [-0.4, -0.2) is 62.7 Å². The van der Waals surface area contributed by atoms with Crippen molar-refractivity contribution in [3.8, 4) is 17.2 Å². The van der Waals surface area contributed by atoms with E-state index in [1.165, 1.54) is 0 Å². The van der Waals surface area contributed by atoms with E-state index in [-0.39, 0.29) is 11.9 Å². The van der Waals surface area contributed by atoms with Crippen molar-refractivity contribution < 1.29 is 19.0 Å². The van der Waals surface area contributed by atoms with Crippen LogP contribution < -0.4 is 14.2 Å². The molecule has 7 heteroatoms. The molecule has 3 aromatic carbocycles. The largest absolute Gasteiger partial charge is 0.497 e. The molecule has 1 heterocycles. The number of ether oxygens (including phenoxy) is 3. The third-order valence-corrected chi connectivity index (χ3v) is 7.86. The number of nitrogens with zero attached hydrogens (tertiary/aromatic N) is 2. The summed E-state index contributed by atoms with van der Waals surface area (Å²) in [5.74, 6) is 2.40. The van der Waals surface area contributed by atoms with Crippen molar-refractivity contribution >= 4 is 43.4 Å². The minimum Gasteiger partial charge on any atom is -0.497 e. The van der Waals surface area contributed by atoms with Crippen LogP contribution in [0.3, 0.4) is 0 Å². The molecule has 1 aliphatic rings. The Kier molecular flexibility index (Phi) is 7.53. The highest BCUT2D eigenvalue weighted by Gasteiger charge is 2.33. The van der Waals surface area contributed by atoms with Gasteiger partial charge in [0.1, 0.15) is 5.75 Å². The lowest BCUT2D eigenvalue weighted by Crippen LogP contribution is -2.45. The van der Waals surface area contributed by atoms with Gasteiger partial charge in [0.2, 0.25) is 5.91 Å². The lowest BCUT2D eigenvalue weighted by Gasteiger charge is -2.30. The van der Waals surface area contributed by atoms with Gasteiger partial charge in [0.25, 0.3) is 0 Å². The Morgan fingerprint density at radius 2 is 1.62 bits per heavy atom. The number of amides is 1. The molecular formula is C27H33BrN2O4. The molecule has 4 rings (SSSR count). The van der Waals surface area contributed by atoms with E-state index < -0.39 is 0 Å². The summed E-state index contributed by atoms with van der Waals surface area (Å²) < 4.78 is 17.8. The second-order valence-electron chi connectivity index (χ2n) is 8.60. The Morgan fingerprint density at radius 3 is 2.24 bits per heavy atom. The molecule has 1 saturated heterocycles. The monoisotopic (exact) mass is 528 g/mol. The summed E-state index contributed by atoms with van der Waals surface area (Å²) in [5.41, 5.74) is 1.16. The maximum atomic E-state index is 13.2. The first-order valence-corrected chi connectivity index (χ1v) is 12.6. The number of hydrogen-bond donors (Lipinski definition) is 0. The summed E-state index contributed by atoms with van der Waals surface area (Å²) in [6, 6.07) is 10.1. The van der Waals surface area contributed by atoms with Crippen LogP contribution in [0.1, 0.15) is 32.3 Å². The first-order chi connectivity index (χ1) is 16.5. The minimum absolute atomic E-state index is 0.0822. The molecular weight excluding hydrogens is 496 g/mol. The number of carbonyl (C=O) groups excluding carboxylic acids is 1. The number of rotatable bonds is 8. The quantitative estimate of drug-likeness (QED) is 0.355. The van der Waals surface area contributed by atoms with E-state index in [1.807, 2.05) is 36.9 Å². The molecule has 34 heavy (non-hydrogen) atoms. The third-order valence-electron chi connectivity index (χ3n) is 6.95. The molecule has 1 amide bonds. The van der Waals surface area contributed by atoms with Gasteiger partial charge < -0.3 is 19.1 Å². The van der Waals surface area contributed by atoms with E-state index in [9.17, 15) is 4.79 Å². The molecule has 3 aromatic rings. The zero-order valence-corrected chi connectivity index (χ0v) is 22.2. The van der Waals surface area contributed by atoms with Crippen LogP contribution in [0.25, 0.3) is 21.5 Å². The van der Waals surface area contributed by atoms with Gasteiger partial charge >= 0.3 is 0 Å². The lowest BCUT2D eigenvalue weighted by atomic mass is 9.95. The topological polar surface area (TPSA) is 51.2 Å². The molecule has 0 unspecified atom stereocenters. The van der Waals surface area contributed by atoms with Crippen molar-refractivity contribution in [2.45, 2.75) is 39.3 Å². The van der Waals surface area contributed by atoms with Gasteiger partial charge in [0, 0.05) is 29.5 Å². The number of benzene rings is 3. The molecule has 0 spiro atoms. The number of likely N-dealkylation sites (N-methyl/N-ethyl adjacent to an activating group) is 1. The first-order valence-electron chi connectivity index (χ1n) is 11.8. The van der Waals surface area contributed by atoms with Crippen LogP contribution in [0, 0.1) is 0 Å². The molecule has 0 aliphatic carbocycles. The van der Waals surface area contributed by atoms with Crippen LogP contribution in [0.4, 0.5) is 0 Å². The second kappa shape index (κ2) is 10.4. The number of hydrogen-bond acceptors (Lipinski definition) is 5. The second-order valence-corrected chi connectivity index (χ2v) is 9.39. The Bertz CT molecular complexity index is 1210. The highest BCUT2D eigenvalue weighted by Crippen LogP contribution is 2.43. The minimum atomic E-state index is -0.0822. The van der Waals surface area contributed by atoms with Crippen molar-refractivity contribution in [1.82, 2.24) is 9.80 Å². The summed E-state index contributed by atoms with van der Waals surface area (Å²) in [5, 5.41) is 4.31. The average molecular weight is 529 g/mol. The van der Waals surface area contributed by atoms with Crippen LogP contribution in [0.2, 0.25) is 0 Å². The first kappa shape index (κ1) is 24.6. The summed E-state index contributed by atoms with van der Waals surface area (Å²) >= 11 is 3.92. The van der Waals surface area contributed by atoms with Gasteiger partial charge in [0.15, 0.2) is 11.5 Å². The van der Waals surface area contributed by atoms with Gasteiger partial charge in [-0.25, -0.2) is 0 Å². The predicted octanol–water partition coefficient (Wildman–Crippen LogP) is 5.61. The fourth-order valence-electron chi connectivity index (χ4n) is 5.10. The standard InChI is InChI=1S/C27H33BrN2O4/c1-6-29(7-2)27(31)23-9-8-12-30(23)16-22-18-11-10-17(32-3)13-19(18)20-14-24(33-4)25(34-5)15-21(20)26(22)28/h10-11,13-15,23H,6-9,12,16H2,1-5H3/t23-/m1/s1. The van der Waals surface area contributed by atoms with E-state index in [4.69, 9.17) is 14.2 Å². The summed E-state index contributed by atoms with van der Waals surface area (Å²) in [7, 11) is 4.98. The molecule has 182 valence electrons. The molecule has 0 N–H and O–H groups in total. The van der Waals surface area contributed by atoms with Gasteiger partial charge in [-0.2, -0.15) is 0 Å². The van der Waals surface area contributed by atoms with Crippen LogP contribution in [-0.2, 0) is 11.3 Å². The Morgan fingerprint density at radius 1 is 0.971 bits per heavy atom. The van der Waals surface area contributed by atoms with Gasteiger partial charge in [-0.05, 0) is 95.2 Å². The number of fused-ring (bicyclic) bond motifs is 3. The van der Waals surface area contributed by atoms with Crippen molar-refractivity contribution in [3.05, 3.63) is 40.4 Å². The van der Waals surface area contributed by atoms with Crippen molar-refractivity contribution in [2.24, 2.45) is 0 Å². The fourth-order valence-corrected chi connectivity index (χ4v) is 5.77. The van der Waals surface area contributed by atoms with Crippen LogP contribution in [0.5, 0.6) is 17.2 Å². The van der Waals surface area contributed by atoms with Crippen molar-refractivity contribution in [3.63, 3.8) is 0 Å². The molecule has 0 bridgehead atoms. The van der Waals surface area contributed by atoms with Gasteiger partial charge in [0.05, 0.1) is 27.4 Å². The molecule has 0 aromatic heterocycles. The normalized spacial score (nSPS) is 16.2. The zero-order valence-electron chi connectivity index (χ0n) is 20.6. The summed E-state index contributed by atoms with van der Waals surface area (Å²) in [4.78, 5) is 17.5. The summed E-state index contributed by atoms with van der Waals surface area (Å²) in [6.45, 7) is 7.16. The number of carbonyl (C=O) groups is 1. The highest BCUT2D eigenvalue weighted by molar-refractivity contribution is 9.10. The molecule has 0 radical (unpaired) electrons. The molecule has 1 atom stereocenters. The Labute approximate surface area is 209 Å². The fraction of sp³-hybridized carbons (Fsp3) is 0.444. The lowest BCUT2D eigenvalue weighted by molar-refractivity contribution is -0.135. The van der Waals surface area contributed by atoms with E-state index in [0.717, 1.165) is 69.8 Å². The molecule has 1 aliphatic heterocycles. The average Bonchev–Trinajstić information content (AvgIpc) is 3.34. The molecule has 0 saturated carbocycles. The molecule has 6 nitrogen and oxygen atoms in total. The smallest absolute Gasteiger partial charge is 0.239 e. The van der Waals surface area contributed by atoms with E-state index in [0.29, 0.717) is 18.0 Å². The highest BCUT2D eigenvalue weighted by atomic mass is 79.9. The van der Waals surface area contributed by atoms with Gasteiger partial charge in [-0.3, -0.25) is 9.69 Å². The van der Waals surface area contributed by atoms with E-state index in [2.05, 4.69) is 33.0 Å². The van der Waals surface area contributed by atoms with Gasteiger partial charge in [-0.15, -0.1) is 0 Å². The SMILES string of the molecule is CCN(CC)C(=O)[C@H]1CCCN1Cc1c(Br)c2cc(OC)c(OC)cc2c2cc(OC)ccc12. The van der Waals surface area contributed by atoms with E-state index in [1.54, 1.807) is 21.3 Å². The third kappa shape index (κ3) is 4.31. The van der Waals surface area contributed by atoms with Gasteiger partial charge in [-0.1, -0.05) is 6.07 Å². The predicted molar refractivity (Wildman–Crippen MR) is 140 cm³/mol.